The van der Waals surface area contributed by atoms with Crippen molar-refractivity contribution in [1.29, 1.82) is 0 Å². The van der Waals surface area contributed by atoms with Gasteiger partial charge in [-0.05, 0) is 32.0 Å². The highest BCUT2D eigenvalue weighted by atomic mass is 35.5. The lowest BCUT2D eigenvalue weighted by atomic mass is 10.2. The number of hydrogen-bond acceptors (Lipinski definition) is 7. The van der Waals surface area contributed by atoms with Crippen LogP contribution < -0.4 is 0 Å². The van der Waals surface area contributed by atoms with Gasteiger partial charge in [0.05, 0.1) is 37.0 Å². The molecule has 0 amide bonds. The van der Waals surface area contributed by atoms with Crippen molar-refractivity contribution in [2.75, 3.05) is 0 Å². The van der Waals surface area contributed by atoms with E-state index in [2.05, 4.69) is 25.0 Å². The van der Waals surface area contributed by atoms with Gasteiger partial charge in [0.25, 0.3) is 0 Å². The Bertz CT molecular complexity index is 1320. The van der Waals surface area contributed by atoms with Crippen LogP contribution in [0.25, 0.3) is 27.6 Å². The van der Waals surface area contributed by atoms with E-state index in [9.17, 15) is 0 Å². The number of aryl methyl sites for hydroxylation is 3. The summed E-state index contributed by atoms with van der Waals surface area (Å²) in [5, 5.41) is 11.5. The van der Waals surface area contributed by atoms with Crippen molar-refractivity contribution in [2.24, 2.45) is 7.05 Å². The van der Waals surface area contributed by atoms with Gasteiger partial charge in [0, 0.05) is 29.6 Å². The van der Waals surface area contributed by atoms with E-state index in [0.717, 1.165) is 43.2 Å². The van der Waals surface area contributed by atoms with Crippen molar-refractivity contribution in [3.8, 4) is 27.6 Å². The molecule has 0 aliphatic heterocycles. The van der Waals surface area contributed by atoms with E-state index in [1.165, 1.54) is 0 Å². The Balaban J connectivity index is 0.000000968. The predicted octanol–water partition coefficient (Wildman–Crippen LogP) is 6.24. The molecule has 0 aliphatic carbocycles. The molecule has 0 aliphatic rings. The number of benzene rings is 1. The summed E-state index contributed by atoms with van der Waals surface area (Å²) < 4.78 is 4.86. The van der Waals surface area contributed by atoms with E-state index in [0.29, 0.717) is 15.3 Å². The molecular weight excluding hydrogens is 501 g/mol. The van der Waals surface area contributed by atoms with Crippen molar-refractivity contribution in [1.82, 2.24) is 24.5 Å². The Hall–Kier alpha value is -2.42. The lowest BCUT2D eigenvalue weighted by molar-refractivity contribution is -0.191. The van der Waals surface area contributed by atoms with Crippen LogP contribution in [-0.2, 0) is 16.6 Å². The summed E-state index contributed by atoms with van der Waals surface area (Å²) in [7, 11) is 1.95. The first-order valence-corrected chi connectivity index (χ1v) is 12.3. The first kappa shape index (κ1) is 25.2. The molecule has 172 valence electrons. The summed E-state index contributed by atoms with van der Waals surface area (Å²) in [6.07, 6.45) is 2.27. The van der Waals surface area contributed by atoms with E-state index >= 15 is 0 Å². The van der Waals surface area contributed by atoms with Crippen molar-refractivity contribution < 1.29 is 9.59 Å². The highest BCUT2D eigenvalue weighted by Crippen LogP contribution is 2.41. The van der Waals surface area contributed by atoms with Crippen LogP contribution in [0.5, 0.6) is 0 Å². The molecule has 0 saturated heterocycles. The summed E-state index contributed by atoms with van der Waals surface area (Å²) in [5.41, 5.74) is 5.84. The van der Waals surface area contributed by atoms with E-state index in [1.807, 2.05) is 54.7 Å². The molecule has 1 aromatic carbocycles. The van der Waals surface area contributed by atoms with Crippen molar-refractivity contribution >= 4 is 52.5 Å². The van der Waals surface area contributed by atoms with Gasteiger partial charge in [0.1, 0.15) is 0 Å². The largest absolute Gasteiger partial charge is 0.373 e. The minimum absolute atomic E-state index is 0.250. The number of hydrogen-bond donors (Lipinski definition) is 0. The molecular formula is C22H21Cl2N5O2S2. The Kier molecular flexibility index (Phi) is 8.15. The Morgan fingerprint density at radius 3 is 2.36 bits per heavy atom. The third kappa shape index (κ3) is 5.75. The van der Waals surface area contributed by atoms with Gasteiger partial charge in [-0.1, -0.05) is 54.5 Å². The minimum atomic E-state index is 0.250. The number of carbonyl (C=O) groups excluding carboxylic acids is 2. The maximum atomic E-state index is 8.12. The summed E-state index contributed by atoms with van der Waals surface area (Å²) in [4.78, 5) is 21.2. The molecule has 0 unspecified atom stereocenters. The van der Waals surface area contributed by atoms with Crippen LogP contribution in [0, 0.1) is 13.8 Å². The molecule has 0 spiro atoms. The fraction of sp³-hybridized carbons (Fsp3) is 0.273. The number of halogens is 2. The fourth-order valence-electron chi connectivity index (χ4n) is 3.19. The van der Waals surface area contributed by atoms with Crippen molar-refractivity contribution in [3.63, 3.8) is 0 Å². The second-order valence-corrected chi connectivity index (χ2v) is 11.0. The predicted molar refractivity (Wildman–Crippen MR) is 132 cm³/mol. The lowest BCUT2D eigenvalue weighted by Gasteiger charge is -2.05. The van der Waals surface area contributed by atoms with Gasteiger partial charge in [-0.3, -0.25) is 4.68 Å². The smallest absolute Gasteiger partial charge is 0.268 e. The number of thioether (sulfide) groups is 1. The Morgan fingerprint density at radius 2 is 1.79 bits per heavy atom. The van der Waals surface area contributed by atoms with Crippen LogP contribution in [0.3, 0.4) is 0 Å². The highest BCUT2D eigenvalue weighted by Gasteiger charge is 2.19. The van der Waals surface area contributed by atoms with Crippen LogP contribution in [0.15, 0.2) is 34.7 Å². The molecule has 7 nitrogen and oxygen atoms in total. The topological polar surface area (TPSA) is 82.7 Å². The van der Waals surface area contributed by atoms with Crippen LogP contribution in [0.2, 0.25) is 10.0 Å². The molecule has 4 aromatic rings. The molecule has 3 heterocycles. The van der Waals surface area contributed by atoms with Gasteiger partial charge in [-0.2, -0.15) is 19.8 Å². The average Bonchev–Trinajstić information content (AvgIpc) is 3.41. The van der Waals surface area contributed by atoms with Crippen LogP contribution in [-0.4, -0.2) is 35.9 Å². The van der Waals surface area contributed by atoms with Gasteiger partial charge in [-0.15, -0.1) is 11.8 Å². The van der Waals surface area contributed by atoms with Gasteiger partial charge >= 0.3 is 6.15 Å². The van der Waals surface area contributed by atoms with Gasteiger partial charge < -0.3 is 0 Å². The number of nitrogens with zero attached hydrogens (tertiary/aromatic N) is 5. The number of aromatic nitrogens is 5. The first-order valence-electron chi connectivity index (χ1n) is 9.84. The second-order valence-electron chi connectivity index (χ2n) is 7.38. The van der Waals surface area contributed by atoms with Crippen molar-refractivity contribution in [2.45, 2.75) is 37.2 Å². The molecule has 0 fully saturated rings. The Labute approximate surface area is 209 Å². The third-order valence-electron chi connectivity index (χ3n) is 4.49. The van der Waals surface area contributed by atoms with Gasteiger partial charge in [0.2, 0.25) is 5.13 Å². The zero-order valence-corrected chi connectivity index (χ0v) is 21.7. The maximum Gasteiger partial charge on any atom is 0.373 e. The molecule has 0 saturated carbocycles. The van der Waals surface area contributed by atoms with E-state index in [4.69, 9.17) is 42.9 Å². The molecule has 33 heavy (non-hydrogen) atoms. The molecule has 4 rings (SSSR count). The normalized spacial score (nSPS) is 10.8. The van der Waals surface area contributed by atoms with E-state index in [-0.39, 0.29) is 6.15 Å². The zero-order valence-electron chi connectivity index (χ0n) is 18.6. The quantitative estimate of drug-likeness (QED) is 0.289. The monoisotopic (exact) mass is 521 g/mol. The summed E-state index contributed by atoms with van der Waals surface area (Å²) in [6, 6.07) is 7.70. The minimum Gasteiger partial charge on any atom is -0.268 e. The molecule has 0 radical (unpaired) electrons. The Morgan fingerprint density at radius 1 is 1.09 bits per heavy atom. The molecule has 11 heteroatoms. The van der Waals surface area contributed by atoms with Gasteiger partial charge in [0.15, 0.2) is 0 Å². The first-order chi connectivity index (χ1) is 15.6. The highest BCUT2D eigenvalue weighted by molar-refractivity contribution is 8.01. The van der Waals surface area contributed by atoms with Crippen LogP contribution in [0.1, 0.15) is 25.2 Å². The second kappa shape index (κ2) is 10.7. The number of rotatable bonds is 5. The average molecular weight is 522 g/mol. The van der Waals surface area contributed by atoms with Crippen LogP contribution in [0.4, 0.5) is 0 Å². The summed E-state index contributed by atoms with van der Waals surface area (Å²) in [6.45, 7) is 8.33. The SMILES string of the molecule is Cc1cc(-c2cn(-c3nc(-c4ccc(Cl)c(Cl)c4)c(SC(C)C)s3)nc2C)n(C)n1.O=C=O. The van der Waals surface area contributed by atoms with E-state index < -0.39 is 0 Å². The lowest BCUT2D eigenvalue weighted by Crippen LogP contribution is -1.94. The zero-order chi connectivity index (χ0) is 24.3. The third-order valence-corrected chi connectivity index (χ3v) is 7.49. The number of thiazole rings is 1. The molecule has 0 bridgehead atoms. The maximum absolute atomic E-state index is 8.12. The van der Waals surface area contributed by atoms with Crippen molar-refractivity contribution in [3.05, 3.63) is 51.9 Å². The van der Waals surface area contributed by atoms with E-state index in [1.54, 1.807) is 23.1 Å². The molecule has 3 aromatic heterocycles. The van der Waals surface area contributed by atoms with Gasteiger partial charge in [-0.25, -0.2) is 9.67 Å². The summed E-state index contributed by atoms with van der Waals surface area (Å²) >= 11 is 15.8. The molecule has 0 atom stereocenters. The molecule has 0 N–H and O–H groups in total. The summed E-state index contributed by atoms with van der Waals surface area (Å²) in [5.74, 6) is 0. The standard InChI is InChI=1S/C21H21Cl2N5S2.CO2/c1-11(2)29-20-19(14-6-7-16(22)17(23)9-14)24-21(30-20)28-10-15(13(4)26-28)18-8-12(3)25-27(18)5;2-1-3/h6-11H,1-5H3;. The van der Waals surface area contributed by atoms with Crippen LogP contribution >= 0.6 is 46.3 Å². The fourth-order valence-corrected chi connectivity index (χ4v) is 5.93.